The van der Waals surface area contributed by atoms with Gasteiger partial charge in [-0.1, -0.05) is 5.92 Å². The van der Waals surface area contributed by atoms with E-state index in [0.717, 1.165) is 0 Å². The number of aromatic nitrogens is 1. The molecule has 1 aliphatic heterocycles. The van der Waals surface area contributed by atoms with Gasteiger partial charge in [-0.15, -0.1) is 6.42 Å². The molecule has 0 radical (unpaired) electrons. The molecule has 1 saturated heterocycles. The maximum atomic E-state index is 12.2. The molecule has 2 heterocycles. The topological polar surface area (TPSA) is 237 Å². The molecule has 0 spiro atoms. The zero-order chi connectivity index (χ0) is 25.5. The van der Waals surface area contributed by atoms with E-state index < -0.39 is 53.4 Å². The first-order valence-electron chi connectivity index (χ1n) is 8.99. The summed E-state index contributed by atoms with van der Waals surface area (Å²) >= 11 is 0. The first-order valence-corrected chi connectivity index (χ1v) is 13.5. The number of phosphoric ester groups is 1. The van der Waals surface area contributed by atoms with Crippen LogP contribution < -0.4 is 0 Å². The fourth-order valence-electron chi connectivity index (χ4n) is 3.33. The van der Waals surface area contributed by atoms with Gasteiger partial charge in [-0.05, 0) is 6.07 Å². The lowest BCUT2D eigenvalue weighted by Crippen LogP contribution is -2.27. The Balaban J connectivity index is 1.85. The van der Waals surface area contributed by atoms with Crippen molar-refractivity contribution >= 4 is 40.1 Å². The van der Waals surface area contributed by atoms with Crippen LogP contribution in [0.5, 0.6) is 0 Å². The van der Waals surface area contributed by atoms with Gasteiger partial charge in [-0.25, -0.2) is 13.7 Å². The van der Waals surface area contributed by atoms with E-state index in [2.05, 4.69) is 14.5 Å². The van der Waals surface area contributed by atoms with Gasteiger partial charge in [0.2, 0.25) is 0 Å². The molecular formula is C15H17N2O14P3. The number of hydrogen-bond acceptors (Lipinski definition) is 10. The fraction of sp³-hybridized carbons (Fsp3) is 0.333. The molecule has 0 amide bonds. The number of ether oxygens (including phenoxy) is 1. The van der Waals surface area contributed by atoms with Crippen LogP contribution in [0, 0.1) is 22.5 Å². The van der Waals surface area contributed by atoms with Gasteiger partial charge in [0.05, 0.1) is 22.6 Å². The van der Waals surface area contributed by atoms with Crippen molar-refractivity contribution in [3.63, 3.8) is 0 Å². The summed E-state index contributed by atoms with van der Waals surface area (Å²) in [6, 6.07) is 3.88. The van der Waals surface area contributed by atoms with Crippen molar-refractivity contribution in [3.8, 4) is 12.3 Å². The van der Waals surface area contributed by atoms with Crippen LogP contribution in [0.4, 0.5) is 5.69 Å². The predicted molar refractivity (Wildman–Crippen MR) is 111 cm³/mol. The summed E-state index contributed by atoms with van der Waals surface area (Å²) < 4.78 is 53.6. The van der Waals surface area contributed by atoms with Crippen LogP contribution in [0.15, 0.2) is 24.4 Å². The van der Waals surface area contributed by atoms with Crippen LogP contribution in [0.1, 0.15) is 18.2 Å². The van der Waals surface area contributed by atoms with E-state index in [9.17, 15) is 38.7 Å². The van der Waals surface area contributed by atoms with E-state index in [-0.39, 0.29) is 17.7 Å². The summed E-state index contributed by atoms with van der Waals surface area (Å²) in [5.74, 6) is 2.38. The normalized spacial score (nSPS) is 24.4. The Labute approximate surface area is 190 Å². The molecule has 1 aromatic carbocycles. The molecule has 0 bridgehead atoms. The van der Waals surface area contributed by atoms with E-state index in [4.69, 9.17) is 25.5 Å². The lowest BCUT2D eigenvalue weighted by atomic mass is 10.1. The molecule has 1 fully saturated rings. The van der Waals surface area contributed by atoms with Crippen molar-refractivity contribution < 1.29 is 61.2 Å². The molecule has 5 N–H and O–H groups in total. The lowest BCUT2D eigenvalue weighted by Gasteiger charge is -2.21. The van der Waals surface area contributed by atoms with E-state index in [1.807, 2.05) is 0 Å². The van der Waals surface area contributed by atoms with Gasteiger partial charge in [0.1, 0.15) is 18.4 Å². The van der Waals surface area contributed by atoms with E-state index in [0.29, 0.717) is 10.9 Å². The average molecular weight is 542 g/mol. The van der Waals surface area contributed by atoms with Crippen LogP contribution in [-0.2, 0) is 31.6 Å². The van der Waals surface area contributed by atoms with Gasteiger partial charge in [-0.3, -0.25) is 14.6 Å². The molecule has 34 heavy (non-hydrogen) atoms. The number of aliphatic hydroxyl groups excluding tert-OH is 1. The average Bonchev–Trinajstić information content (AvgIpc) is 3.24. The van der Waals surface area contributed by atoms with Crippen molar-refractivity contribution in [2.24, 2.45) is 0 Å². The van der Waals surface area contributed by atoms with Crippen molar-refractivity contribution in [1.82, 2.24) is 4.57 Å². The molecule has 2 unspecified atom stereocenters. The van der Waals surface area contributed by atoms with Crippen molar-refractivity contribution in [3.05, 3.63) is 40.1 Å². The van der Waals surface area contributed by atoms with Crippen molar-refractivity contribution in [2.45, 2.75) is 24.9 Å². The van der Waals surface area contributed by atoms with E-state index >= 15 is 0 Å². The molecule has 19 heteroatoms. The van der Waals surface area contributed by atoms with Crippen LogP contribution in [0.3, 0.4) is 0 Å². The maximum absolute atomic E-state index is 12.2. The van der Waals surface area contributed by atoms with Gasteiger partial charge in [-0.2, -0.15) is 8.62 Å². The first-order chi connectivity index (χ1) is 15.6. The minimum absolute atomic E-state index is 0.215. The zero-order valence-corrected chi connectivity index (χ0v) is 19.4. The van der Waals surface area contributed by atoms with Gasteiger partial charge in [0.15, 0.2) is 0 Å². The third kappa shape index (κ3) is 6.18. The Morgan fingerprint density at radius 3 is 2.44 bits per heavy atom. The van der Waals surface area contributed by atoms with Crippen molar-refractivity contribution in [2.75, 3.05) is 6.61 Å². The second-order valence-corrected chi connectivity index (χ2v) is 11.2. The highest BCUT2D eigenvalue weighted by molar-refractivity contribution is 7.66. The lowest BCUT2D eigenvalue weighted by molar-refractivity contribution is -0.384. The Kier molecular flexibility index (Phi) is 7.52. The smallest absolute Gasteiger partial charge is 0.394 e. The number of nitro groups is 1. The van der Waals surface area contributed by atoms with Crippen molar-refractivity contribution in [1.29, 1.82) is 0 Å². The van der Waals surface area contributed by atoms with Gasteiger partial charge >= 0.3 is 23.5 Å². The Bertz CT molecular complexity index is 1300. The molecule has 0 aliphatic carbocycles. The van der Waals surface area contributed by atoms with E-state index in [1.54, 1.807) is 0 Å². The van der Waals surface area contributed by atoms with Crippen LogP contribution >= 0.6 is 23.5 Å². The first kappa shape index (κ1) is 26.7. The summed E-state index contributed by atoms with van der Waals surface area (Å²) in [5, 5.41) is 21.0. The third-order valence-electron chi connectivity index (χ3n) is 4.54. The quantitative estimate of drug-likeness (QED) is 0.131. The van der Waals surface area contributed by atoms with E-state index in [1.165, 1.54) is 29.0 Å². The maximum Gasteiger partial charge on any atom is 0.490 e. The number of benzene rings is 1. The minimum Gasteiger partial charge on any atom is -0.394 e. The highest BCUT2D eigenvalue weighted by atomic mass is 31.3. The summed E-state index contributed by atoms with van der Waals surface area (Å²) in [6.45, 7) is -0.733. The molecule has 2 aromatic rings. The molecular weight excluding hydrogens is 525 g/mol. The molecule has 16 nitrogen and oxygen atoms in total. The number of nitrogens with zero attached hydrogens (tertiary/aromatic N) is 2. The molecule has 3 rings (SSSR count). The number of phosphoric acid groups is 3. The largest absolute Gasteiger partial charge is 0.490 e. The number of non-ortho nitro benzene ring substituents is 1. The van der Waals surface area contributed by atoms with Crippen LogP contribution in [-0.4, -0.2) is 53.0 Å². The molecule has 1 aromatic heterocycles. The second-order valence-electron chi connectivity index (χ2n) is 6.84. The SMILES string of the molecule is C#Cc1cn([C@@H]2C[C@H](OP(=O)(O)OP(=O)(O)OP(=O)(O)O)[C@@H](CO)O2)c2ccc([N+](=O)[O-])cc12. The standard InChI is InChI=1S/C15H17N2O14P3/c1-2-9-7-16(12-4-3-10(17(19)20)5-11(9)12)15-6-13(14(8-18)28-15)29-33(24,25)31-34(26,27)30-32(21,22)23/h1,3-5,7,13-15,18H,6,8H2,(H,24,25)(H,26,27)(H2,21,22,23)/t13-,14+,15-/m0/s1. The van der Waals surface area contributed by atoms with Crippen LogP contribution in [0.25, 0.3) is 10.9 Å². The summed E-state index contributed by atoms with van der Waals surface area (Å²) in [6.07, 6.45) is 3.04. The Morgan fingerprint density at radius 2 is 1.88 bits per heavy atom. The third-order valence-corrected chi connectivity index (χ3v) is 8.40. The Hall–Kier alpha value is -1.95. The number of rotatable bonds is 9. The molecule has 1 aliphatic rings. The number of aliphatic hydroxyl groups is 1. The molecule has 186 valence electrons. The predicted octanol–water partition coefficient (Wildman–Crippen LogP) is 1.52. The van der Waals surface area contributed by atoms with Crippen LogP contribution in [0.2, 0.25) is 0 Å². The fourth-order valence-corrected chi connectivity index (χ4v) is 6.55. The van der Waals surface area contributed by atoms with Gasteiger partial charge in [0.25, 0.3) is 5.69 Å². The number of terminal acetylenes is 1. The number of hydrogen-bond donors (Lipinski definition) is 5. The number of nitro benzene ring substituents is 1. The Morgan fingerprint density at radius 1 is 1.21 bits per heavy atom. The minimum atomic E-state index is -5.73. The zero-order valence-electron chi connectivity index (χ0n) is 16.7. The highest BCUT2D eigenvalue weighted by Crippen LogP contribution is 2.67. The summed E-state index contributed by atoms with van der Waals surface area (Å²) in [5.41, 5.74) is 0.464. The molecule has 5 atom stereocenters. The summed E-state index contributed by atoms with van der Waals surface area (Å²) in [4.78, 5) is 46.7. The van der Waals surface area contributed by atoms with Gasteiger partial charge in [0, 0.05) is 30.1 Å². The second kappa shape index (κ2) is 9.60. The summed E-state index contributed by atoms with van der Waals surface area (Å²) in [7, 11) is -16.8. The monoisotopic (exact) mass is 542 g/mol. The highest BCUT2D eigenvalue weighted by Gasteiger charge is 2.46. The molecule has 0 saturated carbocycles. The van der Waals surface area contributed by atoms with Gasteiger partial charge < -0.3 is 34.0 Å². The number of fused-ring (bicyclic) bond motifs is 1.